The molecule has 22 heavy (non-hydrogen) atoms. The van der Waals surface area contributed by atoms with E-state index in [1.807, 2.05) is 6.92 Å². The number of carbonyl (C=O) groups is 1. The molecule has 0 saturated heterocycles. The van der Waals surface area contributed by atoms with Crippen LogP contribution < -0.4 is 5.32 Å². The first-order chi connectivity index (χ1) is 10.4. The maximum Gasteiger partial charge on any atom is 0.251 e. The average Bonchev–Trinajstić information content (AvgIpc) is 2.48. The summed E-state index contributed by atoms with van der Waals surface area (Å²) in [4.78, 5) is 12.3. The van der Waals surface area contributed by atoms with Crippen molar-refractivity contribution in [1.29, 1.82) is 0 Å². The van der Waals surface area contributed by atoms with E-state index in [1.165, 1.54) is 16.4 Å². The Kier molecular flexibility index (Phi) is 7.03. The van der Waals surface area contributed by atoms with E-state index in [0.717, 1.165) is 12.8 Å². The van der Waals surface area contributed by atoms with E-state index in [2.05, 4.69) is 12.2 Å². The molecule has 0 heterocycles. The Morgan fingerprint density at radius 3 is 2.14 bits per heavy atom. The Labute approximate surface area is 133 Å². The zero-order chi connectivity index (χ0) is 16.8. The van der Waals surface area contributed by atoms with Crippen LogP contribution in [-0.2, 0) is 10.0 Å². The van der Waals surface area contributed by atoms with Crippen LogP contribution in [0.2, 0.25) is 0 Å². The van der Waals surface area contributed by atoms with Gasteiger partial charge in [0, 0.05) is 24.7 Å². The molecule has 1 atom stereocenters. The molecule has 0 aromatic heterocycles. The second-order valence-electron chi connectivity index (χ2n) is 5.28. The Hall–Kier alpha value is -1.40. The summed E-state index contributed by atoms with van der Waals surface area (Å²) in [6.07, 6.45) is 1.92. The summed E-state index contributed by atoms with van der Waals surface area (Å²) in [5, 5.41) is 2.90. The van der Waals surface area contributed by atoms with Crippen molar-refractivity contribution < 1.29 is 13.2 Å². The molecule has 1 aromatic rings. The van der Waals surface area contributed by atoms with Gasteiger partial charge in [0.2, 0.25) is 10.0 Å². The molecule has 0 aliphatic heterocycles. The molecular weight excluding hydrogens is 300 g/mol. The number of carbonyl (C=O) groups excluding carboxylic acids is 1. The lowest BCUT2D eigenvalue weighted by molar-refractivity contribution is 0.0938. The minimum Gasteiger partial charge on any atom is -0.350 e. The normalized spacial score (nSPS) is 13.1. The van der Waals surface area contributed by atoms with E-state index in [1.54, 1.807) is 26.0 Å². The van der Waals surface area contributed by atoms with Gasteiger partial charge in [-0.1, -0.05) is 27.2 Å². The highest BCUT2D eigenvalue weighted by Gasteiger charge is 2.21. The summed E-state index contributed by atoms with van der Waals surface area (Å²) in [5.74, 6) is -0.173. The monoisotopic (exact) mass is 326 g/mol. The molecule has 1 N–H and O–H groups in total. The van der Waals surface area contributed by atoms with Crippen molar-refractivity contribution in [1.82, 2.24) is 9.62 Å². The Morgan fingerprint density at radius 1 is 1.14 bits per heavy atom. The van der Waals surface area contributed by atoms with Crippen molar-refractivity contribution in [3.8, 4) is 0 Å². The highest BCUT2D eigenvalue weighted by molar-refractivity contribution is 7.89. The Balaban J connectivity index is 2.89. The predicted molar refractivity (Wildman–Crippen MR) is 88.4 cm³/mol. The van der Waals surface area contributed by atoms with Gasteiger partial charge in [0.25, 0.3) is 5.91 Å². The second kappa shape index (κ2) is 8.29. The van der Waals surface area contributed by atoms with Crippen LogP contribution in [-0.4, -0.2) is 37.8 Å². The van der Waals surface area contributed by atoms with Crippen molar-refractivity contribution in [3.05, 3.63) is 29.8 Å². The summed E-state index contributed by atoms with van der Waals surface area (Å²) in [5.41, 5.74) is 0.474. The van der Waals surface area contributed by atoms with Gasteiger partial charge in [-0.05, 0) is 37.6 Å². The van der Waals surface area contributed by atoms with Crippen LogP contribution in [0.15, 0.2) is 29.2 Å². The first-order valence-corrected chi connectivity index (χ1v) is 9.21. The molecule has 0 aliphatic carbocycles. The molecule has 5 nitrogen and oxygen atoms in total. The number of sulfonamides is 1. The minimum atomic E-state index is -3.47. The van der Waals surface area contributed by atoms with Crippen LogP contribution in [0.4, 0.5) is 0 Å². The number of amides is 1. The van der Waals surface area contributed by atoms with Crippen molar-refractivity contribution in [2.75, 3.05) is 13.1 Å². The third kappa shape index (κ3) is 4.55. The van der Waals surface area contributed by atoms with Gasteiger partial charge >= 0.3 is 0 Å². The molecular formula is C16H26N2O3S. The van der Waals surface area contributed by atoms with Gasteiger partial charge in [0.05, 0.1) is 4.90 Å². The number of rotatable bonds is 8. The van der Waals surface area contributed by atoms with Crippen LogP contribution in [0.5, 0.6) is 0 Å². The maximum atomic E-state index is 12.4. The van der Waals surface area contributed by atoms with E-state index in [9.17, 15) is 13.2 Å². The molecule has 0 bridgehead atoms. The summed E-state index contributed by atoms with van der Waals surface area (Å²) >= 11 is 0. The highest BCUT2D eigenvalue weighted by atomic mass is 32.2. The van der Waals surface area contributed by atoms with Crippen LogP contribution in [0.25, 0.3) is 0 Å². The lowest BCUT2D eigenvalue weighted by atomic mass is 10.1. The first kappa shape index (κ1) is 18.6. The van der Waals surface area contributed by atoms with Gasteiger partial charge in [-0.25, -0.2) is 8.42 Å². The molecule has 6 heteroatoms. The van der Waals surface area contributed by atoms with E-state index >= 15 is 0 Å². The highest BCUT2D eigenvalue weighted by Crippen LogP contribution is 2.16. The molecule has 0 spiro atoms. The number of nitrogens with one attached hydrogen (secondary N) is 1. The first-order valence-electron chi connectivity index (χ1n) is 7.77. The fourth-order valence-electron chi connectivity index (χ4n) is 2.30. The summed E-state index contributed by atoms with van der Waals surface area (Å²) in [6, 6.07) is 6.21. The number of hydrogen-bond acceptors (Lipinski definition) is 3. The maximum absolute atomic E-state index is 12.4. The molecule has 0 saturated carbocycles. The van der Waals surface area contributed by atoms with Crippen LogP contribution in [0, 0.1) is 0 Å². The zero-order valence-corrected chi connectivity index (χ0v) is 14.6. The van der Waals surface area contributed by atoms with E-state index in [4.69, 9.17) is 0 Å². The fraction of sp³-hybridized carbons (Fsp3) is 0.562. The fourth-order valence-corrected chi connectivity index (χ4v) is 3.76. The Bertz CT molecular complexity index is 578. The quantitative estimate of drug-likeness (QED) is 0.798. The van der Waals surface area contributed by atoms with Crippen molar-refractivity contribution >= 4 is 15.9 Å². The standard InChI is InChI=1S/C16H26N2O3S/c1-5-8-13(4)17-16(19)14-9-11-15(12-10-14)22(20,21)18(6-2)7-3/h9-13H,5-8H2,1-4H3,(H,17,19)/t13-/m0/s1. The molecule has 0 radical (unpaired) electrons. The molecule has 1 amide bonds. The van der Waals surface area contributed by atoms with Gasteiger partial charge in [0.15, 0.2) is 0 Å². The largest absolute Gasteiger partial charge is 0.350 e. The van der Waals surface area contributed by atoms with Gasteiger partial charge in [-0.3, -0.25) is 4.79 Å². The van der Waals surface area contributed by atoms with Crippen molar-refractivity contribution in [2.24, 2.45) is 0 Å². The molecule has 1 aromatic carbocycles. The lowest BCUT2D eigenvalue weighted by Crippen LogP contribution is -2.32. The van der Waals surface area contributed by atoms with Gasteiger partial charge in [-0.2, -0.15) is 4.31 Å². The molecule has 1 rings (SSSR count). The summed E-state index contributed by atoms with van der Waals surface area (Å²) in [6.45, 7) is 8.48. The predicted octanol–water partition coefficient (Wildman–Crippen LogP) is 2.64. The van der Waals surface area contributed by atoms with Gasteiger partial charge in [0.1, 0.15) is 0 Å². The average molecular weight is 326 g/mol. The van der Waals surface area contributed by atoms with Crippen molar-refractivity contribution in [2.45, 2.75) is 51.5 Å². The summed E-state index contributed by atoms with van der Waals surface area (Å²) in [7, 11) is -3.47. The summed E-state index contributed by atoms with van der Waals surface area (Å²) < 4.78 is 26.1. The second-order valence-corrected chi connectivity index (χ2v) is 7.21. The molecule has 0 fully saturated rings. The van der Waals surface area contributed by atoms with Gasteiger partial charge < -0.3 is 5.32 Å². The zero-order valence-electron chi connectivity index (χ0n) is 13.8. The van der Waals surface area contributed by atoms with Crippen LogP contribution in [0.3, 0.4) is 0 Å². The van der Waals surface area contributed by atoms with Crippen LogP contribution in [0.1, 0.15) is 50.9 Å². The minimum absolute atomic E-state index is 0.108. The van der Waals surface area contributed by atoms with Crippen LogP contribution >= 0.6 is 0 Å². The van der Waals surface area contributed by atoms with Gasteiger partial charge in [-0.15, -0.1) is 0 Å². The molecule has 124 valence electrons. The van der Waals surface area contributed by atoms with Crippen molar-refractivity contribution in [3.63, 3.8) is 0 Å². The van der Waals surface area contributed by atoms with E-state index < -0.39 is 10.0 Å². The molecule has 0 unspecified atom stereocenters. The number of nitrogens with zero attached hydrogens (tertiary/aromatic N) is 1. The lowest BCUT2D eigenvalue weighted by Gasteiger charge is -2.18. The molecule has 0 aliphatic rings. The SMILES string of the molecule is CCC[C@H](C)NC(=O)c1ccc(S(=O)(=O)N(CC)CC)cc1. The third-order valence-electron chi connectivity index (χ3n) is 3.56. The Morgan fingerprint density at radius 2 is 1.68 bits per heavy atom. The smallest absolute Gasteiger partial charge is 0.251 e. The topological polar surface area (TPSA) is 66.5 Å². The number of benzene rings is 1. The van der Waals surface area contributed by atoms with E-state index in [-0.39, 0.29) is 16.8 Å². The third-order valence-corrected chi connectivity index (χ3v) is 5.62. The van der Waals surface area contributed by atoms with E-state index in [0.29, 0.717) is 18.7 Å². The number of hydrogen-bond donors (Lipinski definition) is 1.